The topological polar surface area (TPSA) is 66.4 Å². The highest BCUT2D eigenvalue weighted by molar-refractivity contribution is 5.87. The van der Waals surface area contributed by atoms with Gasteiger partial charge in [-0.25, -0.2) is 9.90 Å². The third-order valence-corrected chi connectivity index (χ3v) is 1.45. The average Bonchev–Trinajstić information content (AvgIpc) is 2.15. The van der Waals surface area contributed by atoms with Gasteiger partial charge in [-0.3, -0.25) is 0 Å². The maximum atomic E-state index is 10.4. The van der Waals surface area contributed by atoms with E-state index >= 15 is 0 Å². The van der Waals surface area contributed by atoms with E-state index in [2.05, 4.69) is 0 Å². The first-order chi connectivity index (χ1) is 6.24. The molecule has 0 saturated carbocycles. The molecule has 1 radical (unpaired) electrons. The molecule has 0 unspecified atom stereocenters. The number of benzene rings is 1. The summed E-state index contributed by atoms with van der Waals surface area (Å²) >= 11 is 0. The maximum absolute atomic E-state index is 10.4. The molecule has 0 atom stereocenters. The molecule has 0 bridgehead atoms. The second kappa shape index (κ2) is 4.47. The molecule has 1 aromatic carbocycles. The molecular weight excluding hydrogens is 172 g/mol. The zero-order valence-corrected chi connectivity index (χ0v) is 6.90. The predicted molar refractivity (Wildman–Crippen MR) is 44.4 cm³/mol. The van der Waals surface area contributed by atoms with Crippen molar-refractivity contribution in [3.8, 4) is 5.75 Å². The highest BCUT2D eigenvalue weighted by Gasteiger charge is 2.01. The Balaban J connectivity index is 2.64. The van der Waals surface area contributed by atoms with Gasteiger partial charge in [0.2, 0.25) is 0 Å². The van der Waals surface area contributed by atoms with Gasteiger partial charge in [-0.15, -0.1) is 0 Å². The molecule has 4 heteroatoms. The highest BCUT2D eigenvalue weighted by atomic mass is 16.5. The van der Waals surface area contributed by atoms with Crippen LogP contribution in [0.3, 0.4) is 0 Å². The average molecular weight is 181 g/mol. The Morgan fingerprint density at radius 3 is 2.38 bits per heavy atom. The Kier molecular flexibility index (Phi) is 3.28. The van der Waals surface area contributed by atoms with E-state index in [-0.39, 0.29) is 18.8 Å². The van der Waals surface area contributed by atoms with Crippen LogP contribution in [0.15, 0.2) is 24.3 Å². The summed E-state index contributed by atoms with van der Waals surface area (Å²) < 4.78 is 4.98. The number of carboxylic acids is 1. The number of ether oxygens (including phenoxy) is 1. The molecule has 0 heterocycles. The summed E-state index contributed by atoms with van der Waals surface area (Å²) in [5, 5.41) is 18.6. The Labute approximate surface area is 75.4 Å². The van der Waals surface area contributed by atoms with Crippen molar-refractivity contribution in [1.82, 2.24) is 0 Å². The van der Waals surface area contributed by atoms with Crippen LogP contribution in [-0.4, -0.2) is 24.3 Å². The van der Waals surface area contributed by atoms with Crippen molar-refractivity contribution in [3.05, 3.63) is 29.8 Å². The van der Waals surface area contributed by atoms with Gasteiger partial charge in [-0.1, -0.05) is 0 Å². The molecule has 1 aromatic rings. The fourth-order valence-electron chi connectivity index (χ4n) is 0.853. The molecule has 1 rings (SSSR count). The number of carbonyl (C=O) groups is 1. The van der Waals surface area contributed by atoms with Crippen LogP contribution >= 0.6 is 0 Å². The Bertz CT molecular complexity index is 278. The lowest BCUT2D eigenvalue weighted by Crippen LogP contribution is -2.01. The van der Waals surface area contributed by atoms with Gasteiger partial charge in [-0.05, 0) is 24.3 Å². The van der Waals surface area contributed by atoms with E-state index in [1.807, 2.05) is 0 Å². The third kappa shape index (κ3) is 2.76. The molecule has 0 amide bonds. The first-order valence-corrected chi connectivity index (χ1v) is 3.78. The monoisotopic (exact) mass is 181 g/mol. The van der Waals surface area contributed by atoms with E-state index < -0.39 is 5.97 Å². The number of hydrogen-bond donors (Lipinski definition) is 1. The molecule has 0 fully saturated rings. The minimum absolute atomic E-state index is 0.104. The SMILES string of the molecule is [O]CCOc1ccc(C(=O)O)cc1. The van der Waals surface area contributed by atoms with Crippen LogP contribution < -0.4 is 4.74 Å². The van der Waals surface area contributed by atoms with E-state index in [0.717, 1.165) is 0 Å². The lowest BCUT2D eigenvalue weighted by atomic mass is 10.2. The lowest BCUT2D eigenvalue weighted by Gasteiger charge is -2.02. The van der Waals surface area contributed by atoms with E-state index in [0.29, 0.717) is 5.75 Å². The van der Waals surface area contributed by atoms with E-state index in [1.165, 1.54) is 24.3 Å². The third-order valence-electron chi connectivity index (χ3n) is 1.45. The summed E-state index contributed by atoms with van der Waals surface area (Å²) in [6.45, 7) is -0.201. The van der Waals surface area contributed by atoms with Crippen molar-refractivity contribution in [1.29, 1.82) is 0 Å². The number of aromatic carboxylic acids is 1. The number of rotatable bonds is 4. The van der Waals surface area contributed by atoms with Crippen LogP contribution in [0.2, 0.25) is 0 Å². The second-order valence-electron chi connectivity index (χ2n) is 2.38. The van der Waals surface area contributed by atoms with Crippen LogP contribution in [0.4, 0.5) is 0 Å². The Morgan fingerprint density at radius 2 is 1.92 bits per heavy atom. The van der Waals surface area contributed by atoms with Gasteiger partial charge in [0.25, 0.3) is 0 Å². The first-order valence-electron chi connectivity index (χ1n) is 3.78. The van der Waals surface area contributed by atoms with Crippen LogP contribution in [0.1, 0.15) is 10.4 Å². The van der Waals surface area contributed by atoms with Gasteiger partial charge in [0, 0.05) is 0 Å². The van der Waals surface area contributed by atoms with Crippen LogP contribution in [0.5, 0.6) is 5.75 Å². The van der Waals surface area contributed by atoms with Gasteiger partial charge in [-0.2, -0.15) is 0 Å². The predicted octanol–water partition coefficient (Wildman–Crippen LogP) is 1.19. The summed E-state index contributed by atoms with van der Waals surface area (Å²) in [4.78, 5) is 10.4. The number of hydrogen-bond acceptors (Lipinski definition) is 2. The fraction of sp³-hybridized carbons (Fsp3) is 0.222. The van der Waals surface area contributed by atoms with Crippen LogP contribution in [0.25, 0.3) is 0 Å². The van der Waals surface area contributed by atoms with Gasteiger partial charge in [0.1, 0.15) is 19.0 Å². The Morgan fingerprint density at radius 1 is 1.31 bits per heavy atom. The molecule has 0 saturated heterocycles. The van der Waals surface area contributed by atoms with Gasteiger partial charge >= 0.3 is 5.97 Å². The zero-order valence-electron chi connectivity index (χ0n) is 6.90. The molecule has 69 valence electrons. The smallest absolute Gasteiger partial charge is 0.335 e. The second-order valence-corrected chi connectivity index (χ2v) is 2.38. The molecule has 13 heavy (non-hydrogen) atoms. The standard InChI is InChI=1S/C9H9O4/c10-5-6-13-8-3-1-7(2-4-8)9(11)12/h1-4H,5-6H2,(H,11,12). The van der Waals surface area contributed by atoms with Crippen molar-refractivity contribution in [2.75, 3.05) is 13.2 Å². The van der Waals surface area contributed by atoms with Gasteiger partial charge < -0.3 is 9.84 Å². The highest BCUT2D eigenvalue weighted by Crippen LogP contribution is 2.11. The van der Waals surface area contributed by atoms with Crippen molar-refractivity contribution < 1.29 is 19.7 Å². The Hall–Kier alpha value is -1.55. The molecule has 0 aromatic heterocycles. The maximum Gasteiger partial charge on any atom is 0.335 e. The van der Waals surface area contributed by atoms with Crippen molar-refractivity contribution in [3.63, 3.8) is 0 Å². The summed E-state index contributed by atoms with van der Waals surface area (Å²) in [6, 6.07) is 5.92. The molecule has 0 aliphatic carbocycles. The normalized spacial score (nSPS) is 9.62. The van der Waals surface area contributed by atoms with E-state index in [9.17, 15) is 9.90 Å². The summed E-state index contributed by atoms with van der Waals surface area (Å²) in [6.07, 6.45) is 0. The fourth-order valence-corrected chi connectivity index (χ4v) is 0.853. The largest absolute Gasteiger partial charge is 0.491 e. The van der Waals surface area contributed by atoms with Crippen LogP contribution in [-0.2, 0) is 5.11 Å². The molecule has 1 N–H and O–H groups in total. The summed E-state index contributed by atoms with van der Waals surface area (Å²) in [5.74, 6) is -0.462. The van der Waals surface area contributed by atoms with Crippen molar-refractivity contribution in [2.45, 2.75) is 0 Å². The minimum Gasteiger partial charge on any atom is -0.491 e. The molecule has 4 nitrogen and oxygen atoms in total. The lowest BCUT2D eigenvalue weighted by molar-refractivity contribution is 0.0696. The summed E-state index contributed by atoms with van der Waals surface area (Å²) in [5.41, 5.74) is 0.203. The molecule has 0 aliphatic heterocycles. The van der Waals surface area contributed by atoms with Gasteiger partial charge in [0.15, 0.2) is 0 Å². The molecule has 0 aliphatic rings. The molecular formula is C9H9O4. The number of carboxylic acid groups (broad SMARTS) is 1. The first kappa shape index (κ1) is 9.54. The quantitative estimate of drug-likeness (QED) is 0.758. The minimum atomic E-state index is -0.977. The summed E-state index contributed by atoms with van der Waals surface area (Å²) in [7, 11) is 0. The van der Waals surface area contributed by atoms with E-state index in [4.69, 9.17) is 9.84 Å². The van der Waals surface area contributed by atoms with Crippen molar-refractivity contribution >= 4 is 5.97 Å². The van der Waals surface area contributed by atoms with E-state index in [1.54, 1.807) is 0 Å². The van der Waals surface area contributed by atoms with Crippen LogP contribution in [0, 0.1) is 0 Å². The van der Waals surface area contributed by atoms with Gasteiger partial charge in [0.05, 0.1) is 5.56 Å². The van der Waals surface area contributed by atoms with Crippen molar-refractivity contribution in [2.24, 2.45) is 0 Å². The molecule has 0 spiro atoms. The zero-order chi connectivity index (χ0) is 9.68.